The van der Waals surface area contributed by atoms with Gasteiger partial charge in [0.25, 0.3) is 11.5 Å². The largest absolute Gasteiger partial charge is 0.299 e. The van der Waals surface area contributed by atoms with E-state index in [2.05, 4.69) is 4.98 Å². The standard InChI is InChI=1S/C20H20FN3O5S.2C2H6/c1-12-3-5-13(6-4-12)14-9-15(21)18-16(10-14)22-11-24(20(18)26)8-7-17(19(25)23-27)30(2,28)29;2*1-2/h3-6,9-11,17,27H,7-8H2,1-2H3,(H,23,25);2*1-2H3. The monoisotopic (exact) mass is 493 g/mol. The number of benzene rings is 2. The normalized spacial score (nSPS) is 11.5. The third-order valence-electron chi connectivity index (χ3n) is 4.82. The molecule has 1 unspecified atom stereocenters. The van der Waals surface area contributed by atoms with Crippen LogP contribution >= 0.6 is 0 Å². The first-order valence-corrected chi connectivity index (χ1v) is 13.0. The number of rotatable bonds is 6. The first kappa shape index (κ1) is 28.9. The topological polar surface area (TPSA) is 118 Å². The summed E-state index contributed by atoms with van der Waals surface area (Å²) < 4.78 is 39.3. The summed E-state index contributed by atoms with van der Waals surface area (Å²) in [6.45, 7) is 9.74. The first-order valence-electron chi connectivity index (χ1n) is 11.0. The Kier molecular flexibility index (Phi) is 11.0. The van der Waals surface area contributed by atoms with Gasteiger partial charge in [0.1, 0.15) is 16.5 Å². The molecule has 0 spiro atoms. The van der Waals surface area contributed by atoms with Crippen LogP contribution in [0.25, 0.3) is 22.0 Å². The predicted molar refractivity (Wildman–Crippen MR) is 132 cm³/mol. The van der Waals surface area contributed by atoms with Crippen molar-refractivity contribution < 1.29 is 22.8 Å². The summed E-state index contributed by atoms with van der Waals surface area (Å²) in [7, 11) is -3.83. The molecule has 0 saturated heterocycles. The third-order valence-corrected chi connectivity index (χ3v) is 6.30. The Hall–Kier alpha value is -3.11. The SMILES string of the molecule is CC.CC.Cc1ccc(-c2cc(F)c3c(=O)n(CCC(C(=O)NO)S(C)(=O)=O)cnc3c2)cc1. The molecular weight excluding hydrogens is 461 g/mol. The van der Waals surface area contributed by atoms with Crippen molar-refractivity contribution in [3.63, 3.8) is 0 Å². The molecule has 0 aliphatic heterocycles. The van der Waals surface area contributed by atoms with Crippen LogP contribution in [0.15, 0.2) is 47.5 Å². The summed E-state index contributed by atoms with van der Waals surface area (Å²) >= 11 is 0. The van der Waals surface area contributed by atoms with Gasteiger partial charge in [0.15, 0.2) is 9.84 Å². The van der Waals surface area contributed by atoms with Crippen molar-refractivity contribution in [3.8, 4) is 11.1 Å². The van der Waals surface area contributed by atoms with Crippen LogP contribution < -0.4 is 11.0 Å². The summed E-state index contributed by atoms with van der Waals surface area (Å²) in [5.74, 6) is -1.85. The van der Waals surface area contributed by atoms with Gasteiger partial charge in [-0.3, -0.25) is 19.4 Å². The molecule has 1 aromatic heterocycles. The second-order valence-electron chi connectivity index (χ2n) is 7.04. The van der Waals surface area contributed by atoms with Gasteiger partial charge in [-0.15, -0.1) is 0 Å². The average Bonchev–Trinajstić information content (AvgIpc) is 2.82. The molecule has 0 radical (unpaired) electrons. The number of hydrogen-bond acceptors (Lipinski definition) is 6. The number of fused-ring (bicyclic) bond motifs is 1. The Morgan fingerprint density at radius 3 is 2.24 bits per heavy atom. The molecule has 34 heavy (non-hydrogen) atoms. The molecule has 2 aromatic carbocycles. The number of amides is 1. The summed E-state index contributed by atoms with van der Waals surface area (Å²) in [4.78, 5) is 28.5. The molecule has 0 aliphatic rings. The van der Waals surface area contributed by atoms with Gasteiger partial charge in [-0.1, -0.05) is 57.5 Å². The van der Waals surface area contributed by atoms with Crippen LogP contribution in [-0.4, -0.2) is 40.6 Å². The highest BCUT2D eigenvalue weighted by Crippen LogP contribution is 2.25. The van der Waals surface area contributed by atoms with Crippen LogP contribution in [-0.2, 0) is 21.2 Å². The van der Waals surface area contributed by atoms with Crippen molar-refractivity contribution in [3.05, 3.63) is 64.5 Å². The van der Waals surface area contributed by atoms with E-state index in [1.165, 1.54) is 17.9 Å². The van der Waals surface area contributed by atoms with E-state index in [0.717, 1.165) is 21.9 Å². The molecule has 8 nitrogen and oxygen atoms in total. The smallest absolute Gasteiger partial charge is 0.264 e. The molecule has 0 aliphatic carbocycles. The fourth-order valence-corrected chi connectivity index (χ4v) is 4.15. The lowest BCUT2D eigenvalue weighted by molar-refractivity contribution is -0.128. The number of nitrogens with one attached hydrogen (secondary N) is 1. The zero-order chi connectivity index (χ0) is 26.1. The third kappa shape index (κ3) is 6.94. The van der Waals surface area contributed by atoms with E-state index >= 15 is 0 Å². The van der Waals surface area contributed by atoms with E-state index in [9.17, 15) is 22.4 Å². The van der Waals surface area contributed by atoms with Gasteiger partial charge >= 0.3 is 0 Å². The zero-order valence-electron chi connectivity index (χ0n) is 20.3. The summed E-state index contributed by atoms with van der Waals surface area (Å²) in [6.07, 6.45) is 1.74. The lowest BCUT2D eigenvalue weighted by Gasteiger charge is -2.14. The average molecular weight is 494 g/mol. The van der Waals surface area contributed by atoms with Crippen LogP contribution in [0.5, 0.6) is 0 Å². The van der Waals surface area contributed by atoms with Gasteiger partial charge < -0.3 is 0 Å². The van der Waals surface area contributed by atoms with Gasteiger partial charge in [0.05, 0.1) is 11.8 Å². The lowest BCUT2D eigenvalue weighted by atomic mass is 10.0. The number of hydroxylamine groups is 1. The molecule has 3 rings (SSSR count). The highest BCUT2D eigenvalue weighted by molar-refractivity contribution is 7.92. The number of carbonyl (C=O) groups is 1. The number of carbonyl (C=O) groups excluding carboxylic acids is 1. The van der Waals surface area contributed by atoms with Crippen molar-refractivity contribution in [1.29, 1.82) is 0 Å². The number of aromatic nitrogens is 2. The van der Waals surface area contributed by atoms with Gasteiger partial charge in [0.2, 0.25) is 0 Å². The predicted octanol–water partition coefficient (Wildman–Crippen LogP) is 3.87. The van der Waals surface area contributed by atoms with Crippen LogP contribution in [0.2, 0.25) is 0 Å². The minimum atomic E-state index is -3.83. The minimum absolute atomic E-state index is 0.166. The second-order valence-corrected chi connectivity index (χ2v) is 9.27. The number of sulfone groups is 1. The minimum Gasteiger partial charge on any atom is -0.299 e. The summed E-state index contributed by atoms with van der Waals surface area (Å²) in [6, 6.07) is 10.3. The molecule has 0 saturated carbocycles. The lowest BCUT2D eigenvalue weighted by Crippen LogP contribution is -2.39. The highest BCUT2D eigenvalue weighted by Gasteiger charge is 2.28. The van der Waals surface area contributed by atoms with Crippen molar-refractivity contribution in [2.45, 2.75) is 52.8 Å². The summed E-state index contributed by atoms with van der Waals surface area (Å²) in [5.41, 5.74) is 3.19. The van der Waals surface area contributed by atoms with Gasteiger partial charge in [-0.25, -0.2) is 23.3 Å². The maximum Gasteiger partial charge on any atom is 0.264 e. The molecule has 1 amide bonds. The molecule has 0 bridgehead atoms. The Bertz CT molecular complexity index is 1270. The van der Waals surface area contributed by atoms with Crippen LogP contribution in [0.4, 0.5) is 4.39 Å². The van der Waals surface area contributed by atoms with Gasteiger partial charge in [-0.2, -0.15) is 0 Å². The van der Waals surface area contributed by atoms with Gasteiger partial charge in [0, 0.05) is 12.8 Å². The van der Waals surface area contributed by atoms with E-state index in [-0.39, 0.29) is 23.9 Å². The van der Waals surface area contributed by atoms with Crippen LogP contribution in [0, 0.1) is 12.7 Å². The fourth-order valence-electron chi connectivity index (χ4n) is 3.17. The van der Waals surface area contributed by atoms with Crippen molar-refractivity contribution in [2.24, 2.45) is 0 Å². The van der Waals surface area contributed by atoms with Crippen molar-refractivity contribution >= 4 is 26.6 Å². The Balaban J connectivity index is 0.00000137. The van der Waals surface area contributed by atoms with Crippen molar-refractivity contribution in [2.75, 3.05) is 6.26 Å². The molecule has 1 atom stereocenters. The number of nitrogens with zero attached hydrogens (tertiary/aromatic N) is 2. The Morgan fingerprint density at radius 2 is 1.71 bits per heavy atom. The van der Waals surface area contributed by atoms with Crippen molar-refractivity contribution in [1.82, 2.24) is 15.0 Å². The molecule has 3 aromatic rings. The molecule has 186 valence electrons. The van der Waals surface area contributed by atoms with Crippen LogP contribution in [0.3, 0.4) is 0 Å². The first-order chi connectivity index (χ1) is 16.1. The number of halogens is 1. The summed E-state index contributed by atoms with van der Waals surface area (Å²) in [5, 5.41) is 6.96. The van der Waals surface area contributed by atoms with E-state index in [1.54, 1.807) is 6.07 Å². The fraction of sp³-hybridized carbons (Fsp3) is 0.375. The number of aryl methyl sites for hydroxylation is 2. The maximum atomic E-state index is 14.8. The zero-order valence-corrected chi connectivity index (χ0v) is 21.1. The van der Waals surface area contributed by atoms with Crippen LogP contribution in [0.1, 0.15) is 39.7 Å². The molecule has 10 heteroatoms. The Morgan fingerprint density at radius 1 is 1.12 bits per heavy atom. The highest BCUT2D eigenvalue weighted by atomic mass is 32.2. The molecule has 0 fully saturated rings. The van der Waals surface area contributed by atoms with E-state index in [0.29, 0.717) is 5.56 Å². The number of hydrogen-bond donors (Lipinski definition) is 2. The van der Waals surface area contributed by atoms with E-state index in [1.807, 2.05) is 58.9 Å². The Labute approximate surface area is 199 Å². The molecular formula is C24H32FN3O5S. The maximum absolute atomic E-state index is 14.8. The molecule has 2 N–H and O–H groups in total. The van der Waals surface area contributed by atoms with E-state index in [4.69, 9.17) is 5.21 Å². The second kappa shape index (κ2) is 13.0. The molecule has 1 heterocycles. The van der Waals surface area contributed by atoms with Gasteiger partial charge in [-0.05, 0) is 36.6 Å². The van der Waals surface area contributed by atoms with E-state index < -0.39 is 32.4 Å². The quantitative estimate of drug-likeness (QED) is 0.398.